The summed E-state index contributed by atoms with van der Waals surface area (Å²) in [5.74, 6) is -1.54. The quantitative estimate of drug-likeness (QED) is 0.572. The fourth-order valence-corrected chi connectivity index (χ4v) is 3.23. The summed E-state index contributed by atoms with van der Waals surface area (Å²) in [7, 11) is 0. The first-order chi connectivity index (χ1) is 13.8. The van der Waals surface area contributed by atoms with E-state index in [1.165, 1.54) is 12.1 Å². The van der Waals surface area contributed by atoms with Gasteiger partial charge in [-0.25, -0.2) is 14.6 Å². The molecule has 8 heteroatoms. The highest BCUT2D eigenvalue weighted by Crippen LogP contribution is 2.17. The van der Waals surface area contributed by atoms with Crippen LogP contribution in [0.25, 0.3) is 0 Å². The van der Waals surface area contributed by atoms with Crippen LogP contribution >= 0.6 is 0 Å². The molecule has 2 heterocycles. The Morgan fingerprint density at radius 1 is 1.21 bits per heavy atom. The zero-order chi connectivity index (χ0) is 21.0. The lowest BCUT2D eigenvalue weighted by molar-refractivity contribution is -0.134. The van der Waals surface area contributed by atoms with Crippen LogP contribution in [0.3, 0.4) is 0 Å². The molecule has 0 saturated heterocycles. The molecule has 29 heavy (non-hydrogen) atoms. The number of halogens is 1. The van der Waals surface area contributed by atoms with Crippen LogP contribution in [-0.2, 0) is 27.3 Å². The van der Waals surface area contributed by atoms with Crippen LogP contribution in [-0.4, -0.2) is 34.5 Å². The summed E-state index contributed by atoms with van der Waals surface area (Å²) in [6, 6.07) is 8.11. The van der Waals surface area contributed by atoms with Gasteiger partial charge in [0.2, 0.25) is 11.7 Å². The van der Waals surface area contributed by atoms with Crippen molar-refractivity contribution in [1.82, 2.24) is 9.99 Å². The van der Waals surface area contributed by atoms with Crippen molar-refractivity contribution >= 4 is 23.4 Å². The van der Waals surface area contributed by atoms with Crippen LogP contribution in [0.4, 0.5) is 4.39 Å². The van der Waals surface area contributed by atoms with E-state index in [9.17, 15) is 18.8 Å². The largest absolute Gasteiger partial charge is 0.453 e. The third-order valence-corrected chi connectivity index (χ3v) is 4.89. The number of carbonyl (C=O) groups is 3. The fourth-order valence-electron chi connectivity index (χ4n) is 3.23. The van der Waals surface area contributed by atoms with Crippen molar-refractivity contribution in [2.75, 3.05) is 6.61 Å². The number of benzene rings is 1. The molecule has 1 aliphatic heterocycles. The van der Waals surface area contributed by atoms with Gasteiger partial charge in [0.15, 0.2) is 6.61 Å². The minimum absolute atomic E-state index is 0.0992. The molecule has 1 aromatic carbocycles. The number of carbonyl (C=O) groups excluding carboxylic acids is 3. The van der Waals surface area contributed by atoms with Crippen LogP contribution in [0.15, 0.2) is 35.4 Å². The second kappa shape index (κ2) is 8.81. The van der Waals surface area contributed by atoms with Crippen LogP contribution in [0.2, 0.25) is 0 Å². The summed E-state index contributed by atoms with van der Waals surface area (Å²) in [5, 5.41) is 3.66. The molecular formula is C21H22FN3O4. The number of aryl methyl sites for hydroxylation is 2. The first kappa shape index (κ1) is 20.4. The van der Waals surface area contributed by atoms with Crippen molar-refractivity contribution in [1.29, 1.82) is 0 Å². The molecule has 0 radical (unpaired) electrons. The first-order valence-electron chi connectivity index (χ1n) is 9.32. The van der Waals surface area contributed by atoms with Crippen molar-refractivity contribution in [2.24, 2.45) is 5.10 Å². The lowest BCUT2D eigenvalue weighted by atomic mass is 10.1. The van der Waals surface area contributed by atoms with Crippen LogP contribution in [0.5, 0.6) is 0 Å². The van der Waals surface area contributed by atoms with E-state index in [0.29, 0.717) is 18.5 Å². The first-order valence-corrected chi connectivity index (χ1v) is 9.32. The number of rotatable bonds is 7. The standard InChI is InChI=1S/C21H22FN3O4/c1-13-11-17(14(2)25(13)10-9-15-3-5-16(22)6-4-15)19(26)12-29-21(28)18-7-8-20(27)24-23-18/h3-6,11H,7-10,12H2,1-2H3,(H,24,27). The van der Waals surface area contributed by atoms with Crippen molar-refractivity contribution in [3.05, 3.63) is 58.7 Å². The SMILES string of the molecule is Cc1cc(C(=O)COC(=O)C2=NNC(=O)CC2)c(C)n1CCc1ccc(F)cc1. The van der Waals surface area contributed by atoms with Crippen molar-refractivity contribution < 1.29 is 23.5 Å². The minimum atomic E-state index is -0.705. The monoisotopic (exact) mass is 399 g/mol. The molecule has 1 N–H and O–H groups in total. The Balaban J connectivity index is 1.61. The Morgan fingerprint density at radius 3 is 2.59 bits per heavy atom. The molecule has 1 amide bonds. The molecule has 1 aromatic heterocycles. The zero-order valence-corrected chi connectivity index (χ0v) is 16.3. The van der Waals surface area contributed by atoms with E-state index in [0.717, 1.165) is 17.0 Å². The average Bonchev–Trinajstić information content (AvgIpc) is 3.00. The smallest absolute Gasteiger partial charge is 0.354 e. The molecule has 0 atom stereocenters. The highest BCUT2D eigenvalue weighted by molar-refractivity contribution is 6.37. The maximum Gasteiger partial charge on any atom is 0.354 e. The van der Waals surface area contributed by atoms with Gasteiger partial charge in [0.1, 0.15) is 11.5 Å². The Bertz CT molecular complexity index is 977. The molecular weight excluding hydrogens is 377 g/mol. The number of ether oxygens (including phenoxy) is 1. The second-order valence-corrected chi connectivity index (χ2v) is 6.91. The van der Waals surface area contributed by atoms with Gasteiger partial charge in [-0.2, -0.15) is 5.10 Å². The summed E-state index contributed by atoms with van der Waals surface area (Å²) < 4.78 is 20.1. The molecule has 0 fully saturated rings. The van der Waals surface area contributed by atoms with Gasteiger partial charge in [-0.3, -0.25) is 9.59 Å². The number of hydrogen-bond donors (Lipinski definition) is 1. The van der Waals surface area contributed by atoms with Gasteiger partial charge in [-0.05, 0) is 44.0 Å². The normalized spacial score (nSPS) is 13.6. The van der Waals surface area contributed by atoms with E-state index in [1.54, 1.807) is 18.2 Å². The van der Waals surface area contributed by atoms with Crippen LogP contribution in [0, 0.1) is 19.7 Å². The number of hydrogen-bond acceptors (Lipinski definition) is 5. The third kappa shape index (κ3) is 4.96. The van der Waals surface area contributed by atoms with Crippen molar-refractivity contribution in [3.63, 3.8) is 0 Å². The topological polar surface area (TPSA) is 89.8 Å². The Morgan fingerprint density at radius 2 is 1.93 bits per heavy atom. The molecule has 2 aromatic rings. The van der Waals surface area contributed by atoms with Crippen LogP contribution in [0.1, 0.15) is 40.2 Å². The van der Waals surface area contributed by atoms with Gasteiger partial charge in [-0.15, -0.1) is 0 Å². The highest BCUT2D eigenvalue weighted by atomic mass is 19.1. The zero-order valence-electron chi connectivity index (χ0n) is 16.3. The van der Waals surface area contributed by atoms with E-state index in [1.807, 2.05) is 18.4 Å². The van der Waals surface area contributed by atoms with E-state index >= 15 is 0 Å². The van der Waals surface area contributed by atoms with Gasteiger partial charge >= 0.3 is 5.97 Å². The van der Waals surface area contributed by atoms with Gasteiger partial charge in [0, 0.05) is 36.3 Å². The number of aromatic nitrogens is 1. The maximum absolute atomic E-state index is 13.0. The number of amides is 1. The second-order valence-electron chi connectivity index (χ2n) is 6.91. The van der Waals surface area contributed by atoms with Gasteiger partial charge in [-0.1, -0.05) is 12.1 Å². The molecule has 3 rings (SSSR count). The number of ketones is 1. The minimum Gasteiger partial charge on any atom is -0.453 e. The molecule has 0 bridgehead atoms. The highest BCUT2D eigenvalue weighted by Gasteiger charge is 2.22. The van der Waals surface area contributed by atoms with E-state index in [4.69, 9.17) is 4.74 Å². The summed E-state index contributed by atoms with van der Waals surface area (Å²) >= 11 is 0. The molecule has 0 spiro atoms. The maximum atomic E-state index is 13.0. The van der Waals surface area contributed by atoms with Gasteiger partial charge in [0.25, 0.3) is 0 Å². The fraction of sp³-hybridized carbons (Fsp3) is 0.333. The number of nitrogens with zero attached hydrogens (tertiary/aromatic N) is 2. The average molecular weight is 399 g/mol. The van der Waals surface area contributed by atoms with E-state index in [-0.39, 0.29) is 36.1 Å². The number of esters is 1. The number of hydrazone groups is 1. The molecule has 0 aliphatic carbocycles. The van der Waals surface area contributed by atoms with Crippen molar-refractivity contribution in [2.45, 2.75) is 39.7 Å². The molecule has 7 nitrogen and oxygen atoms in total. The summed E-state index contributed by atoms with van der Waals surface area (Å²) in [5.41, 5.74) is 5.52. The predicted octanol–water partition coefficient (Wildman–Crippen LogP) is 2.48. The Labute approximate surface area is 167 Å². The Kier molecular flexibility index (Phi) is 6.21. The van der Waals surface area contributed by atoms with Gasteiger partial charge in [0.05, 0.1) is 0 Å². The summed E-state index contributed by atoms with van der Waals surface area (Å²) in [6.45, 7) is 3.99. The predicted molar refractivity (Wildman–Crippen MR) is 104 cm³/mol. The number of nitrogens with one attached hydrogen (secondary N) is 1. The molecule has 0 unspecified atom stereocenters. The summed E-state index contributed by atoms with van der Waals surface area (Å²) in [4.78, 5) is 35.6. The van der Waals surface area contributed by atoms with Crippen LogP contribution < -0.4 is 5.43 Å². The Hall–Kier alpha value is -3.29. The van der Waals surface area contributed by atoms with Crippen molar-refractivity contribution in [3.8, 4) is 0 Å². The lowest BCUT2D eigenvalue weighted by Crippen LogP contribution is -2.31. The lowest BCUT2D eigenvalue weighted by Gasteiger charge is -2.11. The molecule has 152 valence electrons. The van der Waals surface area contributed by atoms with E-state index < -0.39 is 12.6 Å². The molecule has 0 saturated carbocycles. The van der Waals surface area contributed by atoms with E-state index in [2.05, 4.69) is 10.5 Å². The molecule has 1 aliphatic rings. The number of Topliss-reactive ketones (excluding diaryl/α,β-unsaturated/α-hetero) is 1. The summed E-state index contributed by atoms with van der Waals surface area (Å²) in [6.07, 6.45) is 1.05. The van der Waals surface area contributed by atoms with Gasteiger partial charge < -0.3 is 9.30 Å². The third-order valence-electron chi connectivity index (χ3n) is 4.89.